The zero-order valence-corrected chi connectivity index (χ0v) is 22.0. The molecule has 3 aromatic rings. The van der Waals surface area contributed by atoms with Crippen LogP contribution in [0.3, 0.4) is 0 Å². The smallest absolute Gasteiger partial charge is 0.177 e. The highest BCUT2D eigenvalue weighted by molar-refractivity contribution is 9.11. The van der Waals surface area contributed by atoms with Gasteiger partial charge in [0.25, 0.3) is 0 Å². The van der Waals surface area contributed by atoms with E-state index in [1.165, 1.54) is 16.7 Å². The highest BCUT2D eigenvalue weighted by Crippen LogP contribution is 2.55. The van der Waals surface area contributed by atoms with Gasteiger partial charge in [0, 0.05) is 17.9 Å². The van der Waals surface area contributed by atoms with Crippen LogP contribution in [0.5, 0.6) is 11.5 Å². The van der Waals surface area contributed by atoms with Crippen molar-refractivity contribution in [1.82, 2.24) is 0 Å². The summed E-state index contributed by atoms with van der Waals surface area (Å²) in [4.78, 5) is 2.00. The van der Waals surface area contributed by atoms with Crippen LogP contribution in [0.25, 0.3) is 0 Å². The summed E-state index contributed by atoms with van der Waals surface area (Å²) >= 11 is 3.53. The molecule has 2 aliphatic rings. The molecule has 0 bridgehead atoms. The highest BCUT2D eigenvalue weighted by Gasteiger charge is 2.55. The Hall–Kier alpha value is -2.60. The van der Waals surface area contributed by atoms with Crippen LogP contribution in [0, 0.1) is 5.92 Å². The second kappa shape index (κ2) is 10.2. The Morgan fingerprint density at radius 3 is 2.03 bits per heavy atom. The van der Waals surface area contributed by atoms with E-state index in [0.29, 0.717) is 6.42 Å². The molecular formula is C30H31BrO4. The second-order valence-electron chi connectivity index (χ2n) is 9.39. The summed E-state index contributed by atoms with van der Waals surface area (Å²) in [6.07, 6.45) is 1.87. The maximum Gasteiger partial charge on any atom is 0.177 e. The average Bonchev–Trinajstić information content (AvgIpc) is 3.29. The minimum absolute atomic E-state index is 0.102. The molecule has 4 nitrogen and oxygen atoms in total. The third kappa shape index (κ3) is 4.53. The van der Waals surface area contributed by atoms with Crippen molar-refractivity contribution in [3.05, 3.63) is 106 Å². The number of rotatable bonds is 6. The van der Waals surface area contributed by atoms with Crippen LogP contribution in [0.2, 0.25) is 0 Å². The highest BCUT2D eigenvalue weighted by atomic mass is 79.9. The molecule has 5 heteroatoms. The molecule has 0 unspecified atom stereocenters. The molecule has 1 aliphatic carbocycles. The van der Waals surface area contributed by atoms with Crippen molar-refractivity contribution in [3.63, 3.8) is 0 Å². The third-order valence-electron chi connectivity index (χ3n) is 7.19. The van der Waals surface area contributed by atoms with Gasteiger partial charge in [0.15, 0.2) is 17.3 Å². The first kappa shape index (κ1) is 24.1. The molecule has 1 aliphatic heterocycles. The monoisotopic (exact) mass is 534 g/mol. The lowest BCUT2D eigenvalue weighted by atomic mass is 9.76. The Bertz CT molecular complexity index is 1140. The van der Waals surface area contributed by atoms with E-state index in [2.05, 4.69) is 77.5 Å². The molecule has 1 spiro atoms. The topological polar surface area (TPSA) is 36.9 Å². The van der Waals surface area contributed by atoms with Crippen molar-refractivity contribution < 1.29 is 18.9 Å². The maximum absolute atomic E-state index is 7.05. The Kier molecular flexibility index (Phi) is 7.01. The Labute approximate surface area is 216 Å². The fraction of sp³-hybridized carbons (Fsp3) is 0.333. The molecule has 1 heterocycles. The number of allylic oxidation sites excluding steroid dienone is 1. The molecule has 0 N–H and O–H groups in total. The predicted molar refractivity (Wildman–Crippen MR) is 141 cm³/mol. The van der Waals surface area contributed by atoms with Crippen LogP contribution in [-0.2, 0) is 22.3 Å². The van der Waals surface area contributed by atoms with Gasteiger partial charge in [0.2, 0.25) is 0 Å². The fourth-order valence-corrected chi connectivity index (χ4v) is 5.71. The van der Waals surface area contributed by atoms with Crippen molar-refractivity contribution in [2.24, 2.45) is 5.92 Å². The molecule has 5 rings (SSSR count). The van der Waals surface area contributed by atoms with Crippen LogP contribution >= 0.6 is 15.9 Å². The van der Waals surface area contributed by atoms with Gasteiger partial charge in [-0.15, -0.1) is 0 Å². The van der Waals surface area contributed by atoms with E-state index >= 15 is 0 Å². The summed E-state index contributed by atoms with van der Waals surface area (Å²) in [5.41, 5.74) is 5.85. The Morgan fingerprint density at radius 1 is 0.914 bits per heavy atom. The molecule has 1 saturated heterocycles. The number of halogens is 1. The standard InChI is InChI=1S/C30H31BrO4/c1-20(19-31)16-24-17-25-23(14-15-26(32-2)29(25)33-3)18-30(24)34-27(21-10-6-4-7-11-21)28(35-30)22-12-8-5-9-13-22/h4-15,19,24,27-28H,16-18H2,1-3H3/b20-19-/t24-,27-,28-/m0/s1. The van der Waals surface area contributed by atoms with Gasteiger partial charge in [-0.1, -0.05) is 88.2 Å². The Balaban J connectivity index is 1.61. The summed E-state index contributed by atoms with van der Waals surface area (Å²) in [5, 5.41) is 0. The van der Waals surface area contributed by atoms with E-state index in [-0.39, 0.29) is 18.1 Å². The van der Waals surface area contributed by atoms with Gasteiger partial charge < -0.3 is 18.9 Å². The quantitative estimate of drug-likeness (QED) is 0.331. The van der Waals surface area contributed by atoms with Gasteiger partial charge in [-0.25, -0.2) is 0 Å². The fourth-order valence-electron chi connectivity index (χ4n) is 5.52. The lowest BCUT2D eigenvalue weighted by molar-refractivity contribution is -0.216. The normalized spacial score (nSPS) is 23.2. The van der Waals surface area contributed by atoms with Gasteiger partial charge >= 0.3 is 0 Å². The van der Waals surface area contributed by atoms with Crippen molar-refractivity contribution in [2.45, 2.75) is 44.2 Å². The van der Waals surface area contributed by atoms with Crippen molar-refractivity contribution >= 4 is 15.9 Å². The Morgan fingerprint density at radius 2 is 1.51 bits per heavy atom. The molecule has 0 amide bonds. The summed E-state index contributed by atoms with van der Waals surface area (Å²) in [5.74, 6) is 0.906. The van der Waals surface area contributed by atoms with Crippen molar-refractivity contribution in [1.29, 1.82) is 0 Å². The first-order chi connectivity index (χ1) is 17.1. The summed E-state index contributed by atoms with van der Waals surface area (Å²) in [7, 11) is 3.39. The minimum Gasteiger partial charge on any atom is -0.493 e. The van der Waals surface area contributed by atoms with Crippen LogP contribution in [0.4, 0.5) is 0 Å². The number of hydrogen-bond donors (Lipinski definition) is 0. The van der Waals surface area contributed by atoms with E-state index in [9.17, 15) is 0 Å². The third-order valence-corrected chi connectivity index (χ3v) is 7.98. The van der Waals surface area contributed by atoms with Gasteiger partial charge in [0.1, 0.15) is 12.2 Å². The molecule has 1 fully saturated rings. The molecule has 0 radical (unpaired) electrons. The first-order valence-corrected chi connectivity index (χ1v) is 12.9. The van der Waals surface area contributed by atoms with Crippen molar-refractivity contribution in [2.75, 3.05) is 14.2 Å². The molecule has 35 heavy (non-hydrogen) atoms. The van der Waals surface area contributed by atoms with E-state index in [1.54, 1.807) is 14.2 Å². The van der Waals surface area contributed by atoms with Crippen LogP contribution in [-0.4, -0.2) is 20.0 Å². The molecule has 3 atom stereocenters. The number of fused-ring (bicyclic) bond motifs is 1. The summed E-state index contributed by atoms with van der Waals surface area (Å²) < 4.78 is 25.5. The minimum atomic E-state index is -0.759. The SMILES string of the molecule is COc1ccc2c(c1OC)C[C@H](C/C(C)=C\Br)C1(C2)O[C@@H](c2ccccc2)[C@H](c2ccccc2)O1. The lowest BCUT2D eigenvalue weighted by Gasteiger charge is -2.41. The van der Waals surface area contributed by atoms with Gasteiger partial charge in [-0.05, 0) is 47.5 Å². The van der Waals surface area contributed by atoms with E-state index in [1.807, 2.05) is 23.2 Å². The average molecular weight is 535 g/mol. The first-order valence-electron chi connectivity index (χ1n) is 12.0. The number of hydrogen-bond acceptors (Lipinski definition) is 4. The zero-order chi connectivity index (χ0) is 24.4. The molecule has 0 saturated carbocycles. The van der Waals surface area contributed by atoms with Crippen LogP contribution in [0.15, 0.2) is 83.4 Å². The molecule has 182 valence electrons. The second-order valence-corrected chi connectivity index (χ2v) is 9.84. The lowest BCUT2D eigenvalue weighted by Crippen LogP contribution is -2.46. The molecule has 3 aromatic carbocycles. The summed E-state index contributed by atoms with van der Waals surface area (Å²) in [6.45, 7) is 2.14. The predicted octanol–water partition coefficient (Wildman–Crippen LogP) is 7.33. The molecular weight excluding hydrogens is 504 g/mol. The van der Waals surface area contributed by atoms with Gasteiger partial charge in [-0.2, -0.15) is 0 Å². The zero-order valence-electron chi connectivity index (χ0n) is 20.4. The van der Waals surface area contributed by atoms with E-state index in [0.717, 1.165) is 35.5 Å². The number of ether oxygens (including phenoxy) is 4. The summed E-state index contributed by atoms with van der Waals surface area (Å²) in [6, 6.07) is 25.0. The van der Waals surface area contributed by atoms with Crippen LogP contribution in [0.1, 0.15) is 47.8 Å². The maximum atomic E-state index is 7.05. The van der Waals surface area contributed by atoms with Crippen LogP contribution < -0.4 is 9.47 Å². The van der Waals surface area contributed by atoms with Gasteiger partial charge in [-0.3, -0.25) is 0 Å². The molecule has 0 aromatic heterocycles. The van der Waals surface area contributed by atoms with Gasteiger partial charge in [0.05, 0.1) is 14.2 Å². The number of benzene rings is 3. The number of methoxy groups -OCH3 is 2. The van der Waals surface area contributed by atoms with E-state index in [4.69, 9.17) is 18.9 Å². The van der Waals surface area contributed by atoms with E-state index < -0.39 is 5.79 Å². The van der Waals surface area contributed by atoms with Crippen molar-refractivity contribution in [3.8, 4) is 11.5 Å². The largest absolute Gasteiger partial charge is 0.493 e.